The molecule has 118 valence electrons. The maximum atomic E-state index is 5.38. The molecule has 0 radical (unpaired) electrons. The van der Waals surface area contributed by atoms with Crippen molar-refractivity contribution >= 4 is 11.4 Å². The van der Waals surface area contributed by atoms with Crippen molar-refractivity contribution in [2.24, 2.45) is 0 Å². The van der Waals surface area contributed by atoms with Crippen LogP contribution in [-0.4, -0.2) is 0 Å². The van der Waals surface area contributed by atoms with Crippen LogP contribution in [0.5, 0.6) is 0 Å². The highest BCUT2D eigenvalue weighted by Crippen LogP contribution is 2.14. The van der Waals surface area contributed by atoms with Gasteiger partial charge in [0.15, 0.2) is 0 Å². The van der Waals surface area contributed by atoms with Gasteiger partial charge in [-0.1, -0.05) is 38.1 Å². The van der Waals surface area contributed by atoms with Crippen molar-refractivity contribution in [3.05, 3.63) is 59.2 Å². The Labute approximate surface area is 128 Å². The van der Waals surface area contributed by atoms with Crippen molar-refractivity contribution in [1.82, 2.24) is 12.3 Å². The summed E-state index contributed by atoms with van der Waals surface area (Å²) >= 11 is 0. The summed E-state index contributed by atoms with van der Waals surface area (Å²) in [7, 11) is 0. The van der Waals surface area contributed by atoms with Crippen molar-refractivity contribution in [2.45, 2.75) is 33.6 Å². The van der Waals surface area contributed by atoms with E-state index in [9.17, 15) is 0 Å². The summed E-state index contributed by atoms with van der Waals surface area (Å²) in [6, 6.07) is 13.7. The van der Waals surface area contributed by atoms with Crippen LogP contribution in [0.2, 0.25) is 0 Å². The number of hydrogen-bond acceptors (Lipinski definition) is 4. The summed E-state index contributed by atoms with van der Waals surface area (Å²) in [5, 5.41) is 0. The van der Waals surface area contributed by atoms with E-state index < -0.39 is 0 Å². The first-order valence-electron chi connectivity index (χ1n) is 6.76. The third-order valence-electron chi connectivity index (χ3n) is 3.15. The largest absolute Gasteiger partial charge is 0.399 e. The predicted octanol–water partition coefficient (Wildman–Crippen LogP) is 4.29. The second kappa shape index (κ2) is 10.7. The third-order valence-corrected chi connectivity index (χ3v) is 3.15. The van der Waals surface area contributed by atoms with E-state index >= 15 is 0 Å². The van der Waals surface area contributed by atoms with E-state index in [0.717, 1.165) is 12.8 Å². The van der Waals surface area contributed by atoms with Gasteiger partial charge in [0, 0.05) is 11.4 Å². The molecule has 2 rings (SSSR count). The van der Waals surface area contributed by atoms with E-state index in [0.29, 0.717) is 11.4 Å². The van der Waals surface area contributed by atoms with Crippen LogP contribution in [0.4, 0.5) is 11.4 Å². The van der Waals surface area contributed by atoms with Gasteiger partial charge in [0.2, 0.25) is 0 Å². The molecule has 0 amide bonds. The summed E-state index contributed by atoms with van der Waals surface area (Å²) < 4.78 is 0. The Hall–Kier alpha value is -2.04. The first-order chi connectivity index (χ1) is 9.08. The Morgan fingerprint density at radius 3 is 1.67 bits per heavy atom. The number of nitrogens with two attached hydrogens (primary N) is 2. The van der Waals surface area contributed by atoms with Gasteiger partial charge in [0.1, 0.15) is 0 Å². The average molecular weight is 290 g/mol. The van der Waals surface area contributed by atoms with Gasteiger partial charge in [0.05, 0.1) is 0 Å². The molecule has 0 unspecified atom stereocenters. The zero-order valence-electron chi connectivity index (χ0n) is 13.5. The van der Waals surface area contributed by atoms with Gasteiger partial charge in [-0.25, -0.2) is 0 Å². The van der Waals surface area contributed by atoms with E-state index in [4.69, 9.17) is 11.5 Å². The Morgan fingerprint density at radius 1 is 0.810 bits per heavy atom. The molecule has 4 heteroatoms. The second-order valence-electron chi connectivity index (χ2n) is 4.59. The molecule has 0 aliphatic rings. The number of rotatable bonds is 2. The van der Waals surface area contributed by atoms with Gasteiger partial charge in [-0.2, -0.15) is 0 Å². The Balaban J connectivity index is 0. The summed E-state index contributed by atoms with van der Waals surface area (Å²) in [6.07, 6.45) is 2.32. The predicted molar refractivity (Wildman–Crippen MR) is 95.2 cm³/mol. The fourth-order valence-electron chi connectivity index (χ4n) is 2.16. The minimum Gasteiger partial charge on any atom is -0.399 e. The molecule has 2 aromatic carbocycles. The average Bonchev–Trinajstić information content (AvgIpc) is 2.38. The van der Waals surface area contributed by atoms with Crippen LogP contribution < -0.4 is 23.8 Å². The summed E-state index contributed by atoms with van der Waals surface area (Å²) in [5.41, 5.74) is 16.7. The molecule has 0 heterocycles. The summed E-state index contributed by atoms with van der Waals surface area (Å²) in [5.74, 6) is 0. The fraction of sp³-hybridized carbons (Fsp3) is 0.294. The van der Waals surface area contributed by atoms with E-state index in [2.05, 4.69) is 39.0 Å². The minimum atomic E-state index is 0. The lowest BCUT2D eigenvalue weighted by atomic mass is 9.98. The molecule has 0 saturated heterocycles. The van der Waals surface area contributed by atoms with Crippen LogP contribution in [0.15, 0.2) is 42.5 Å². The molecule has 0 fully saturated rings. The van der Waals surface area contributed by atoms with Crippen LogP contribution in [0.1, 0.15) is 30.5 Å². The van der Waals surface area contributed by atoms with E-state index in [1.165, 1.54) is 16.7 Å². The van der Waals surface area contributed by atoms with Crippen LogP contribution in [0.3, 0.4) is 0 Å². The monoisotopic (exact) mass is 290 g/mol. The normalized spacial score (nSPS) is 8.71. The SMILES string of the molecule is CCc1cccc(C)c1CC.N.N.Nc1cccc(N)c1. The molecule has 2 aromatic rings. The third kappa shape index (κ3) is 6.79. The summed E-state index contributed by atoms with van der Waals surface area (Å²) in [6.45, 7) is 6.63. The quantitative estimate of drug-likeness (QED) is 0.616. The van der Waals surface area contributed by atoms with Crippen molar-refractivity contribution in [3.8, 4) is 0 Å². The topological polar surface area (TPSA) is 122 Å². The first-order valence-corrected chi connectivity index (χ1v) is 6.76. The van der Waals surface area contributed by atoms with Crippen LogP contribution in [-0.2, 0) is 12.8 Å². The van der Waals surface area contributed by atoms with Crippen molar-refractivity contribution in [2.75, 3.05) is 11.5 Å². The van der Waals surface area contributed by atoms with Crippen LogP contribution >= 0.6 is 0 Å². The zero-order chi connectivity index (χ0) is 14.3. The Morgan fingerprint density at radius 2 is 1.33 bits per heavy atom. The van der Waals surface area contributed by atoms with Gasteiger partial charge in [-0.15, -0.1) is 0 Å². The lowest BCUT2D eigenvalue weighted by molar-refractivity contribution is 1.02. The highest BCUT2D eigenvalue weighted by atomic mass is 14.6. The van der Waals surface area contributed by atoms with E-state index in [1.54, 1.807) is 18.2 Å². The van der Waals surface area contributed by atoms with Gasteiger partial charge in [-0.05, 0) is 54.7 Å². The molecule has 0 aliphatic carbocycles. The molecule has 0 saturated carbocycles. The van der Waals surface area contributed by atoms with Crippen molar-refractivity contribution < 1.29 is 0 Å². The van der Waals surface area contributed by atoms with Crippen LogP contribution in [0.25, 0.3) is 0 Å². The number of anilines is 2. The lowest BCUT2D eigenvalue weighted by Gasteiger charge is -2.07. The number of nitrogen functional groups attached to an aromatic ring is 2. The highest BCUT2D eigenvalue weighted by molar-refractivity contribution is 5.50. The standard InChI is InChI=1S/C11H16.C6H8N2.2H3N/c1-4-10-8-6-7-9(3)11(10)5-2;7-5-2-1-3-6(8)4-5;;/h6-8H,4-5H2,1-3H3;1-4H,7-8H2;2*1H3. The molecule has 0 aromatic heterocycles. The molecule has 0 atom stereocenters. The number of aryl methyl sites for hydroxylation is 2. The van der Waals surface area contributed by atoms with Crippen molar-refractivity contribution in [3.63, 3.8) is 0 Å². The maximum Gasteiger partial charge on any atom is 0.0334 e. The molecule has 0 spiro atoms. The Bertz CT molecular complexity index is 507. The molecule has 4 nitrogen and oxygen atoms in total. The second-order valence-corrected chi connectivity index (χ2v) is 4.59. The van der Waals surface area contributed by atoms with Gasteiger partial charge < -0.3 is 23.8 Å². The number of benzene rings is 2. The molecule has 0 bridgehead atoms. The summed E-state index contributed by atoms with van der Waals surface area (Å²) in [4.78, 5) is 0. The minimum absolute atomic E-state index is 0. The maximum absolute atomic E-state index is 5.38. The zero-order valence-corrected chi connectivity index (χ0v) is 13.5. The van der Waals surface area contributed by atoms with Gasteiger partial charge in [-0.3, -0.25) is 0 Å². The van der Waals surface area contributed by atoms with Crippen molar-refractivity contribution in [1.29, 1.82) is 0 Å². The van der Waals surface area contributed by atoms with E-state index in [-0.39, 0.29) is 12.3 Å². The van der Waals surface area contributed by atoms with Gasteiger partial charge >= 0.3 is 0 Å². The molecule has 0 aliphatic heterocycles. The van der Waals surface area contributed by atoms with Gasteiger partial charge in [0.25, 0.3) is 0 Å². The molecular weight excluding hydrogens is 260 g/mol. The fourth-order valence-corrected chi connectivity index (χ4v) is 2.16. The van der Waals surface area contributed by atoms with Crippen LogP contribution in [0, 0.1) is 6.92 Å². The molecule has 10 N–H and O–H groups in total. The Kier molecular flexibility index (Phi) is 10.8. The smallest absolute Gasteiger partial charge is 0.0334 e. The highest BCUT2D eigenvalue weighted by Gasteiger charge is 1.99. The first kappa shape index (κ1) is 21.3. The molecule has 21 heavy (non-hydrogen) atoms. The lowest BCUT2D eigenvalue weighted by Crippen LogP contribution is -1.93. The molecular formula is C17H30N4. The van der Waals surface area contributed by atoms with E-state index in [1.807, 2.05) is 6.07 Å². The number of hydrogen-bond donors (Lipinski definition) is 4.